The van der Waals surface area contributed by atoms with Crippen molar-refractivity contribution >= 4 is 34.1 Å². The first-order valence-electron chi connectivity index (χ1n) is 5.81. The number of fused-ring (bicyclic) bond motifs is 2. The fourth-order valence-corrected chi connectivity index (χ4v) is 2.50. The Balaban J connectivity index is 2.73. The van der Waals surface area contributed by atoms with Crippen LogP contribution in [0.15, 0.2) is 42.5 Å². The van der Waals surface area contributed by atoms with Gasteiger partial charge < -0.3 is 0 Å². The molecular weight excluding hydrogens is 243 g/mol. The van der Waals surface area contributed by atoms with Crippen LogP contribution < -0.4 is 0 Å². The Hall–Kier alpha value is -2.55. The van der Waals surface area contributed by atoms with Crippen molar-refractivity contribution in [2.24, 2.45) is 0 Å². The summed E-state index contributed by atoms with van der Waals surface area (Å²) in [4.78, 5) is 22.7. The number of hydrogen-bond acceptors (Lipinski definition) is 2. The molecule has 3 aromatic carbocycles. The van der Waals surface area contributed by atoms with Gasteiger partial charge in [-0.3, -0.25) is 9.59 Å². The summed E-state index contributed by atoms with van der Waals surface area (Å²) >= 11 is 0. The van der Waals surface area contributed by atoms with Gasteiger partial charge in [-0.2, -0.15) is 0 Å². The maximum absolute atomic E-state index is 14.0. The summed E-state index contributed by atoms with van der Waals surface area (Å²) in [5.41, 5.74) is 0.699. The summed E-state index contributed by atoms with van der Waals surface area (Å²) < 4.78 is 14.0. The zero-order valence-electron chi connectivity index (χ0n) is 9.89. The van der Waals surface area contributed by atoms with E-state index in [-0.39, 0.29) is 10.9 Å². The maximum atomic E-state index is 14.0. The molecule has 0 aliphatic carbocycles. The van der Waals surface area contributed by atoms with Crippen LogP contribution in [0, 0.1) is 5.82 Å². The van der Waals surface area contributed by atoms with Crippen LogP contribution in [-0.2, 0) is 0 Å². The Kier molecular flexibility index (Phi) is 2.60. The molecule has 0 aromatic heterocycles. The van der Waals surface area contributed by atoms with Gasteiger partial charge in [-0.1, -0.05) is 36.4 Å². The largest absolute Gasteiger partial charge is 0.298 e. The van der Waals surface area contributed by atoms with E-state index in [2.05, 4.69) is 0 Å². The third-order valence-electron chi connectivity index (χ3n) is 3.32. The first-order valence-corrected chi connectivity index (χ1v) is 5.81. The van der Waals surface area contributed by atoms with Crippen LogP contribution in [0.2, 0.25) is 0 Å². The standard InChI is InChI=1S/C16H9FO2/c17-15-7-3-6-12-13(8-18)10-4-1-2-5-11(10)14(9-19)16(12)15/h1-9H. The monoisotopic (exact) mass is 252 g/mol. The van der Waals surface area contributed by atoms with Crippen molar-refractivity contribution in [2.75, 3.05) is 0 Å². The summed E-state index contributed by atoms with van der Waals surface area (Å²) in [5, 5.41) is 1.93. The summed E-state index contributed by atoms with van der Waals surface area (Å²) in [6.07, 6.45) is 1.35. The first-order chi connectivity index (χ1) is 9.27. The quantitative estimate of drug-likeness (QED) is 0.514. The Morgan fingerprint density at radius 1 is 0.737 bits per heavy atom. The average Bonchev–Trinajstić information content (AvgIpc) is 2.45. The lowest BCUT2D eigenvalue weighted by molar-refractivity contribution is 0.111. The molecule has 0 aliphatic rings. The van der Waals surface area contributed by atoms with E-state index in [0.717, 1.165) is 0 Å². The molecule has 92 valence electrons. The minimum Gasteiger partial charge on any atom is -0.298 e. The van der Waals surface area contributed by atoms with E-state index < -0.39 is 5.82 Å². The lowest BCUT2D eigenvalue weighted by Crippen LogP contribution is -1.95. The second kappa shape index (κ2) is 4.28. The van der Waals surface area contributed by atoms with Gasteiger partial charge in [0.05, 0.1) is 0 Å². The highest BCUT2D eigenvalue weighted by Crippen LogP contribution is 2.32. The van der Waals surface area contributed by atoms with E-state index in [1.807, 2.05) is 0 Å². The second-order valence-corrected chi connectivity index (χ2v) is 4.27. The zero-order chi connectivity index (χ0) is 13.4. The van der Waals surface area contributed by atoms with Crippen LogP contribution in [0.1, 0.15) is 20.7 Å². The molecule has 0 saturated heterocycles. The van der Waals surface area contributed by atoms with Crippen molar-refractivity contribution in [1.29, 1.82) is 0 Å². The number of benzene rings is 3. The van der Waals surface area contributed by atoms with Crippen LogP contribution in [0.3, 0.4) is 0 Å². The number of carbonyl (C=O) groups is 2. The highest BCUT2D eigenvalue weighted by molar-refractivity contribution is 6.20. The molecule has 0 heterocycles. The number of rotatable bonds is 2. The molecule has 0 radical (unpaired) electrons. The van der Waals surface area contributed by atoms with Gasteiger partial charge in [0.1, 0.15) is 5.82 Å². The molecule has 3 heteroatoms. The zero-order valence-corrected chi connectivity index (χ0v) is 9.89. The van der Waals surface area contributed by atoms with Crippen LogP contribution in [0.5, 0.6) is 0 Å². The molecule has 2 nitrogen and oxygen atoms in total. The molecule has 0 aliphatic heterocycles. The van der Waals surface area contributed by atoms with Crippen molar-refractivity contribution in [3.05, 3.63) is 59.4 Å². The fourth-order valence-electron chi connectivity index (χ4n) is 2.50. The fraction of sp³-hybridized carbons (Fsp3) is 0. The second-order valence-electron chi connectivity index (χ2n) is 4.27. The van der Waals surface area contributed by atoms with Crippen LogP contribution >= 0.6 is 0 Å². The Morgan fingerprint density at radius 2 is 1.32 bits per heavy atom. The molecule has 0 unspecified atom stereocenters. The molecule has 0 atom stereocenters. The molecule has 3 aromatic rings. The summed E-state index contributed by atoms with van der Waals surface area (Å²) in [6.45, 7) is 0. The molecule has 0 N–H and O–H groups in total. The number of halogens is 1. The average molecular weight is 252 g/mol. The molecule has 0 spiro atoms. The van der Waals surface area contributed by atoms with E-state index in [0.29, 0.717) is 34.3 Å². The van der Waals surface area contributed by atoms with Crippen LogP contribution in [-0.4, -0.2) is 12.6 Å². The first kappa shape index (κ1) is 11.5. The SMILES string of the molecule is O=Cc1c2ccccc2c(C=O)c2c(F)cccc12. The highest BCUT2D eigenvalue weighted by atomic mass is 19.1. The van der Waals surface area contributed by atoms with Gasteiger partial charge in [0.2, 0.25) is 0 Å². The van der Waals surface area contributed by atoms with Gasteiger partial charge in [-0.15, -0.1) is 0 Å². The minimum atomic E-state index is -0.492. The third kappa shape index (κ3) is 1.55. The van der Waals surface area contributed by atoms with Gasteiger partial charge >= 0.3 is 0 Å². The highest BCUT2D eigenvalue weighted by Gasteiger charge is 2.15. The van der Waals surface area contributed by atoms with E-state index in [4.69, 9.17) is 0 Å². The third-order valence-corrected chi connectivity index (χ3v) is 3.32. The van der Waals surface area contributed by atoms with Crippen LogP contribution in [0.4, 0.5) is 4.39 Å². The molecule has 3 rings (SSSR count). The predicted molar refractivity (Wildman–Crippen MR) is 72.2 cm³/mol. The van der Waals surface area contributed by atoms with Gasteiger partial charge in [0.25, 0.3) is 0 Å². The topological polar surface area (TPSA) is 34.1 Å². The summed E-state index contributed by atoms with van der Waals surface area (Å²) in [7, 11) is 0. The number of aldehydes is 2. The van der Waals surface area contributed by atoms with Crippen LogP contribution in [0.25, 0.3) is 21.5 Å². The summed E-state index contributed by atoms with van der Waals surface area (Å²) in [6, 6.07) is 11.5. The number of carbonyl (C=O) groups excluding carboxylic acids is 2. The molecule has 0 bridgehead atoms. The number of hydrogen-bond donors (Lipinski definition) is 0. The van der Waals surface area contributed by atoms with Crippen molar-refractivity contribution < 1.29 is 14.0 Å². The van der Waals surface area contributed by atoms with Gasteiger partial charge in [0.15, 0.2) is 12.6 Å². The van der Waals surface area contributed by atoms with Crippen molar-refractivity contribution in [3.8, 4) is 0 Å². The maximum Gasteiger partial charge on any atom is 0.151 e. The van der Waals surface area contributed by atoms with Crippen molar-refractivity contribution in [3.63, 3.8) is 0 Å². The van der Waals surface area contributed by atoms with E-state index >= 15 is 0 Å². The van der Waals surface area contributed by atoms with Gasteiger partial charge in [-0.25, -0.2) is 4.39 Å². The smallest absolute Gasteiger partial charge is 0.151 e. The minimum absolute atomic E-state index is 0.207. The molecule has 19 heavy (non-hydrogen) atoms. The Morgan fingerprint density at radius 3 is 1.95 bits per heavy atom. The molecule has 0 saturated carbocycles. The molecular formula is C16H9FO2. The van der Waals surface area contributed by atoms with Crippen molar-refractivity contribution in [2.45, 2.75) is 0 Å². The molecule has 0 amide bonds. The predicted octanol–water partition coefficient (Wildman–Crippen LogP) is 3.76. The van der Waals surface area contributed by atoms with E-state index in [1.165, 1.54) is 12.1 Å². The van der Waals surface area contributed by atoms with Gasteiger partial charge in [0, 0.05) is 16.5 Å². The Bertz CT molecular complexity index is 822. The molecule has 0 fully saturated rings. The van der Waals surface area contributed by atoms with E-state index in [1.54, 1.807) is 30.3 Å². The Labute approximate surface area is 108 Å². The van der Waals surface area contributed by atoms with Gasteiger partial charge in [-0.05, 0) is 22.2 Å². The normalized spacial score (nSPS) is 10.8. The lowest BCUT2D eigenvalue weighted by atomic mass is 9.92. The lowest BCUT2D eigenvalue weighted by Gasteiger charge is -2.10. The summed E-state index contributed by atoms with van der Waals surface area (Å²) in [5.74, 6) is -0.492. The van der Waals surface area contributed by atoms with Crippen molar-refractivity contribution in [1.82, 2.24) is 0 Å². The van der Waals surface area contributed by atoms with E-state index in [9.17, 15) is 14.0 Å².